The van der Waals surface area contributed by atoms with Crippen molar-refractivity contribution in [2.45, 2.75) is 11.9 Å². The summed E-state index contributed by atoms with van der Waals surface area (Å²) < 4.78 is 31.9. The first-order chi connectivity index (χ1) is 9.59. The van der Waals surface area contributed by atoms with Crippen LogP contribution < -0.4 is 10.0 Å². The zero-order valence-electron chi connectivity index (χ0n) is 11.0. The summed E-state index contributed by atoms with van der Waals surface area (Å²) in [5.41, 5.74) is 1.17. The van der Waals surface area contributed by atoms with Gasteiger partial charge in [-0.1, -0.05) is 12.1 Å². The number of nitrogens with zero attached hydrogens (tertiary/aromatic N) is 1. The van der Waals surface area contributed by atoms with E-state index in [9.17, 15) is 8.42 Å². The summed E-state index contributed by atoms with van der Waals surface area (Å²) in [7, 11) is -3.39. The first-order valence-corrected chi connectivity index (χ1v) is 8.03. The molecule has 0 aromatic heterocycles. The van der Waals surface area contributed by atoms with Crippen LogP contribution in [0.15, 0.2) is 24.3 Å². The van der Waals surface area contributed by atoms with Crippen LogP contribution in [0.1, 0.15) is 11.1 Å². The molecule has 1 aromatic carbocycles. The van der Waals surface area contributed by atoms with E-state index in [2.05, 4.69) is 10.0 Å². The lowest BCUT2D eigenvalue weighted by atomic mass is 10.2. The van der Waals surface area contributed by atoms with Crippen molar-refractivity contribution in [1.82, 2.24) is 10.0 Å². The molecular weight excluding hydrogens is 278 g/mol. The Bertz CT molecular complexity index is 572. The Morgan fingerprint density at radius 2 is 2.15 bits per heavy atom. The van der Waals surface area contributed by atoms with Crippen LogP contribution in [0.4, 0.5) is 0 Å². The van der Waals surface area contributed by atoms with Gasteiger partial charge in [-0.3, -0.25) is 0 Å². The average Bonchev–Trinajstić information content (AvgIpc) is 2.47. The van der Waals surface area contributed by atoms with E-state index >= 15 is 0 Å². The Balaban J connectivity index is 1.87. The lowest BCUT2D eigenvalue weighted by Gasteiger charge is -2.23. The Hall–Kier alpha value is -1.46. The summed E-state index contributed by atoms with van der Waals surface area (Å²) in [4.78, 5) is 0. The Kier molecular flexibility index (Phi) is 5.09. The van der Waals surface area contributed by atoms with E-state index in [0.29, 0.717) is 24.3 Å². The Labute approximate surface area is 118 Å². The summed E-state index contributed by atoms with van der Waals surface area (Å²) in [6.45, 7) is 2.32. The van der Waals surface area contributed by atoms with Crippen LogP contribution in [0.2, 0.25) is 0 Å². The second-order valence-corrected chi connectivity index (χ2v) is 6.42. The number of nitrogens with one attached hydrogen (secondary N) is 2. The molecule has 1 aliphatic rings. The molecule has 1 saturated heterocycles. The highest BCUT2D eigenvalue weighted by atomic mass is 32.2. The number of ether oxygens (including phenoxy) is 1. The molecule has 1 heterocycles. The number of hydrogen-bond donors (Lipinski definition) is 2. The van der Waals surface area contributed by atoms with Gasteiger partial charge in [-0.05, 0) is 17.7 Å². The summed E-state index contributed by atoms with van der Waals surface area (Å²) in [6, 6.07) is 8.52. The topological polar surface area (TPSA) is 91.2 Å². The molecule has 0 saturated carbocycles. The van der Waals surface area contributed by atoms with Gasteiger partial charge in [0, 0.05) is 19.6 Å². The van der Waals surface area contributed by atoms with Crippen molar-refractivity contribution in [3.8, 4) is 6.07 Å². The van der Waals surface area contributed by atoms with Crippen LogP contribution in [-0.2, 0) is 20.5 Å². The molecule has 1 unspecified atom stereocenters. The molecule has 0 amide bonds. The highest BCUT2D eigenvalue weighted by Crippen LogP contribution is 2.07. The zero-order chi connectivity index (χ0) is 14.4. The van der Waals surface area contributed by atoms with Gasteiger partial charge in [-0.15, -0.1) is 0 Å². The van der Waals surface area contributed by atoms with E-state index in [1.807, 2.05) is 6.07 Å². The van der Waals surface area contributed by atoms with Crippen molar-refractivity contribution in [3.63, 3.8) is 0 Å². The van der Waals surface area contributed by atoms with Gasteiger partial charge < -0.3 is 10.1 Å². The van der Waals surface area contributed by atoms with Crippen LogP contribution in [0.3, 0.4) is 0 Å². The van der Waals surface area contributed by atoms with Crippen molar-refractivity contribution in [2.75, 3.05) is 26.2 Å². The zero-order valence-corrected chi connectivity index (χ0v) is 11.8. The Morgan fingerprint density at radius 3 is 2.75 bits per heavy atom. The molecule has 108 valence electrons. The van der Waals surface area contributed by atoms with Gasteiger partial charge in [0.15, 0.2) is 0 Å². The molecule has 20 heavy (non-hydrogen) atoms. The first-order valence-electron chi connectivity index (χ1n) is 6.38. The van der Waals surface area contributed by atoms with Crippen molar-refractivity contribution >= 4 is 10.0 Å². The van der Waals surface area contributed by atoms with Gasteiger partial charge in [-0.25, -0.2) is 13.1 Å². The molecule has 2 rings (SSSR count). The van der Waals surface area contributed by atoms with Gasteiger partial charge in [0.2, 0.25) is 10.0 Å². The van der Waals surface area contributed by atoms with E-state index in [4.69, 9.17) is 10.00 Å². The molecule has 1 aromatic rings. The van der Waals surface area contributed by atoms with Crippen LogP contribution >= 0.6 is 0 Å². The van der Waals surface area contributed by atoms with Crippen molar-refractivity contribution < 1.29 is 13.2 Å². The number of hydrogen-bond acceptors (Lipinski definition) is 5. The quantitative estimate of drug-likeness (QED) is 0.796. The maximum Gasteiger partial charge on any atom is 0.215 e. The maximum atomic E-state index is 11.9. The molecule has 0 aliphatic carbocycles. The van der Waals surface area contributed by atoms with Crippen LogP contribution in [0, 0.1) is 11.3 Å². The largest absolute Gasteiger partial charge is 0.374 e. The summed E-state index contributed by atoms with van der Waals surface area (Å²) >= 11 is 0. The smallest absolute Gasteiger partial charge is 0.215 e. The van der Waals surface area contributed by atoms with Gasteiger partial charge in [-0.2, -0.15) is 5.26 Å². The lowest BCUT2D eigenvalue weighted by molar-refractivity contribution is 0.0324. The molecule has 2 N–H and O–H groups in total. The molecule has 6 nitrogen and oxygen atoms in total. The summed E-state index contributed by atoms with van der Waals surface area (Å²) in [5, 5.41) is 11.8. The van der Waals surface area contributed by atoms with E-state index in [-0.39, 0.29) is 18.4 Å². The van der Waals surface area contributed by atoms with Crippen molar-refractivity contribution in [3.05, 3.63) is 35.4 Å². The van der Waals surface area contributed by atoms with Crippen molar-refractivity contribution in [1.29, 1.82) is 5.26 Å². The minimum Gasteiger partial charge on any atom is -0.374 e. The molecule has 0 spiro atoms. The predicted molar refractivity (Wildman–Crippen MR) is 74.4 cm³/mol. The summed E-state index contributed by atoms with van der Waals surface area (Å²) in [6.07, 6.45) is -0.125. The van der Waals surface area contributed by atoms with Gasteiger partial charge in [0.25, 0.3) is 0 Å². The van der Waals surface area contributed by atoms with Gasteiger partial charge in [0.1, 0.15) is 0 Å². The molecule has 0 radical (unpaired) electrons. The number of rotatable bonds is 5. The maximum absolute atomic E-state index is 11.9. The standard InChI is InChI=1S/C13H17N3O3S/c14-7-11-1-3-12(4-2-11)10-20(17,18)16-9-13-8-15-5-6-19-13/h1-4,13,15-16H,5-6,8-10H2. The van der Waals surface area contributed by atoms with Crippen LogP contribution in [-0.4, -0.2) is 40.8 Å². The number of benzene rings is 1. The normalized spacial score (nSPS) is 19.4. The molecule has 7 heteroatoms. The second-order valence-electron chi connectivity index (χ2n) is 4.61. The summed E-state index contributed by atoms with van der Waals surface area (Å²) in [5.74, 6) is -0.0984. The number of sulfonamides is 1. The van der Waals surface area contributed by atoms with E-state index in [1.54, 1.807) is 24.3 Å². The van der Waals surface area contributed by atoms with Crippen LogP contribution in [0.5, 0.6) is 0 Å². The highest BCUT2D eigenvalue weighted by Gasteiger charge is 2.17. The SMILES string of the molecule is N#Cc1ccc(CS(=O)(=O)NCC2CNCCO2)cc1. The predicted octanol–water partition coefficient (Wildman–Crippen LogP) is -0.0339. The fraction of sp³-hybridized carbons (Fsp3) is 0.462. The second kappa shape index (κ2) is 6.81. The molecule has 0 bridgehead atoms. The average molecular weight is 295 g/mol. The molecule has 1 fully saturated rings. The monoisotopic (exact) mass is 295 g/mol. The lowest BCUT2D eigenvalue weighted by Crippen LogP contribution is -2.45. The molecule has 1 atom stereocenters. The minimum atomic E-state index is -3.39. The van der Waals surface area contributed by atoms with E-state index in [0.717, 1.165) is 6.54 Å². The highest BCUT2D eigenvalue weighted by molar-refractivity contribution is 7.88. The third kappa shape index (κ3) is 4.58. The molecule has 1 aliphatic heterocycles. The van der Waals surface area contributed by atoms with Gasteiger partial charge in [0.05, 0.1) is 30.1 Å². The van der Waals surface area contributed by atoms with Crippen molar-refractivity contribution in [2.24, 2.45) is 0 Å². The van der Waals surface area contributed by atoms with E-state index < -0.39 is 10.0 Å². The number of nitriles is 1. The fourth-order valence-electron chi connectivity index (χ4n) is 1.92. The first kappa shape index (κ1) is 14.9. The fourth-order valence-corrected chi connectivity index (χ4v) is 3.09. The van der Waals surface area contributed by atoms with Crippen LogP contribution in [0.25, 0.3) is 0 Å². The Morgan fingerprint density at radius 1 is 1.40 bits per heavy atom. The third-order valence-electron chi connectivity index (χ3n) is 2.98. The molecular formula is C13H17N3O3S. The minimum absolute atomic E-state index is 0.0984. The van der Waals surface area contributed by atoms with E-state index in [1.165, 1.54) is 0 Å². The van der Waals surface area contributed by atoms with Gasteiger partial charge >= 0.3 is 0 Å². The third-order valence-corrected chi connectivity index (χ3v) is 4.29. The number of morpholine rings is 1.